The molecule has 0 aliphatic rings. The second-order valence-electron chi connectivity index (χ2n) is 13.7. The van der Waals surface area contributed by atoms with Crippen LogP contribution in [0, 0.1) is 83.5 Å². The number of hydrogen-bond acceptors (Lipinski definition) is 0. The van der Waals surface area contributed by atoms with Gasteiger partial charge in [-0.3, -0.25) is 24.1 Å². The van der Waals surface area contributed by atoms with Crippen molar-refractivity contribution in [1.82, 2.24) is 0 Å². The Kier molecular flexibility index (Phi) is 29.0. The third kappa shape index (κ3) is 18.9. The largest absolute Gasteiger partial charge is 0.292 e. The normalized spacial score (nSPS) is 9.69. The summed E-state index contributed by atoms with van der Waals surface area (Å²) >= 11 is 0. The molecule has 0 fully saturated rings. The van der Waals surface area contributed by atoms with Crippen LogP contribution >= 0.6 is 15.8 Å². The predicted molar refractivity (Wildman–Crippen MR) is 260 cm³/mol. The molecule has 0 saturated heterocycles. The third-order valence-electron chi connectivity index (χ3n) is 9.06. The van der Waals surface area contributed by atoms with Gasteiger partial charge in [-0.15, -0.1) is 24.3 Å². The Labute approximate surface area is 443 Å². The van der Waals surface area contributed by atoms with Gasteiger partial charge in [0.15, 0.2) is 0 Å². The van der Waals surface area contributed by atoms with Crippen molar-refractivity contribution < 1.29 is 90.7 Å². The first-order valence-electron chi connectivity index (χ1n) is 20.4. The maximum absolute atomic E-state index is 12.0. The van der Waals surface area contributed by atoms with E-state index in [1.54, 1.807) is 6.08 Å². The monoisotopic (exact) mass is 1380 g/mol. The van der Waals surface area contributed by atoms with Gasteiger partial charge in [0.05, 0.1) is 58.2 Å². The molecular formula is C57H37F10OP2Pt2-3. The van der Waals surface area contributed by atoms with Crippen LogP contribution in [0.25, 0.3) is 6.08 Å². The molecule has 9 aromatic rings. The Morgan fingerprint density at radius 2 is 0.472 bits per heavy atom. The van der Waals surface area contributed by atoms with Crippen molar-refractivity contribution in [2.24, 2.45) is 0 Å². The van der Waals surface area contributed by atoms with Gasteiger partial charge in [0.25, 0.3) is 0 Å². The summed E-state index contributed by atoms with van der Waals surface area (Å²) in [7, 11) is -0.892. The van der Waals surface area contributed by atoms with Gasteiger partial charge >= 0.3 is 11.3 Å². The molecule has 0 amide bonds. The van der Waals surface area contributed by atoms with Crippen LogP contribution in [-0.2, 0) is 46.8 Å². The van der Waals surface area contributed by atoms with Crippen molar-refractivity contribution in [1.29, 1.82) is 0 Å². The smallest absolute Gasteiger partial charge is 0 e. The van der Waals surface area contributed by atoms with E-state index in [1.165, 1.54) is 31.8 Å². The van der Waals surface area contributed by atoms with E-state index >= 15 is 0 Å². The molecule has 0 radical (unpaired) electrons. The van der Waals surface area contributed by atoms with Crippen molar-refractivity contribution in [3.63, 3.8) is 0 Å². The first-order chi connectivity index (χ1) is 33.9. The molecule has 0 spiro atoms. The van der Waals surface area contributed by atoms with Gasteiger partial charge in [0.2, 0.25) is 0 Å². The Morgan fingerprint density at radius 1 is 0.306 bits per heavy atom. The molecule has 374 valence electrons. The van der Waals surface area contributed by atoms with Gasteiger partial charge in [-0.25, -0.2) is 32.4 Å². The molecule has 9 aromatic carbocycles. The summed E-state index contributed by atoms with van der Waals surface area (Å²) in [6.07, 6.45) is 1.58. The average Bonchev–Trinajstić information content (AvgIpc) is 3.42. The molecule has 0 atom stereocenters. The Hall–Kier alpha value is -6.00. The van der Waals surface area contributed by atoms with Crippen molar-refractivity contribution in [3.8, 4) is 0 Å². The number of benzene rings is 9. The summed E-state index contributed by atoms with van der Waals surface area (Å²) in [5.41, 5.74) is 1.06. The van der Waals surface area contributed by atoms with E-state index in [2.05, 4.69) is 189 Å². The molecule has 0 bridgehead atoms. The molecule has 0 heterocycles. The molecule has 0 aliphatic carbocycles. The van der Waals surface area contributed by atoms with E-state index in [1.807, 2.05) is 30.3 Å². The summed E-state index contributed by atoms with van der Waals surface area (Å²) < 4.78 is 127. The van der Waals surface area contributed by atoms with Crippen molar-refractivity contribution in [2.45, 2.75) is 0 Å². The van der Waals surface area contributed by atoms with Crippen molar-refractivity contribution >= 4 is 53.7 Å². The SMILES string of the molecule is Fc1[c-]c(F)c(F)c(F)c1F.Fc1[c-]c(F)c(F)c(F)c1F.[C-]#[O+].[CH-]=Cc1ccccc1.[Pt].[Pt].c1ccc(P(c2ccccc2)c2ccccc2)cc1.c1ccc(P(c2ccccc2)c2ccccc2)cc1. The number of hydrogen-bond donors (Lipinski definition) is 0. The van der Waals surface area contributed by atoms with Crippen LogP contribution in [0.1, 0.15) is 5.56 Å². The third-order valence-corrected chi connectivity index (χ3v) is 13.9. The Bertz CT molecular complexity index is 2550. The molecule has 15 heteroatoms. The van der Waals surface area contributed by atoms with Gasteiger partial charge in [-0.2, -0.15) is 5.56 Å². The van der Waals surface area contributed by atoms with Crippen LogP contribution in [0.4, 0.5) is 43.9 Å². The Balaban J connectivity index is 0.000000314. The van der Waals surface area contributed by atoms with Crippen LogP contribution in [0.5, 0.6) is 0 Å². The fraction of sp³-hybridized carbons (Fsp3) is 0. The minimum absolute atomic E-state index is 0. The predicted octanol–water partition coefficient (Wildman–Crippen LogP) is 13.3. The molecular weight excluding hydrogens is 1340 g/mol. The fourth-order valence-corrected chi connectivity index (χ4v) is 10.5. The van der Waals surface area contributed by atoms with Crippen molar-refractivity contribution in [3.05, 3.63) is 301 Å². The quantitative estimate of drug-likeness (QED) is 0.0379. The fourth-order valence-electron chi connectivity index (χ4n) is 5.91. The molecule has 72 heavy (non-hydrogen) atoms. The van der Waals surface area contributed by atoms with E-state index < -0.39 is 74.0 Å². The Morgan fingerprint density at radius 3 is 0.625 bits per heavy atom. The molecule has 0 saturated carbocycles. The van der Waals surface area contributed by atoms with Gasteiger partial charge in [-0.05, 0) is 47.7 Å². The van der Waals surface area contributed by atoms with Crippen LogP contribution in [-0.4, -0.2) is 0 Å². The summed E-state index contributed by atoms with van der Waals surface area (Å²) in [6, 6.07) is 76.5. The second-order valence-corrected chi connectivity index (χ2v) is 18.1. The second kappa shape index (κ2) is 33.6. The van der Waals surface area contributed by atoms with Gasteiger partial charge in [0, 0.05) is 42.1 Å². The maximum atomic E-state index is 12.0. The molecule has 0 N–H and O–H groups in total. The van der Waals surface area contributed by atoms with Gasteiger partial charge < -0.3 is 0 Å². The van der Waals surface area contributed by atoms with Crippen LogP contribution in [0.15, 0.2) is 212 Å². The van der Waals surface area contributed by atoms with Gasteiger partial charge in [0.1, 0.15) is 0 Å². The van der Waals surface area contributed by atoms with Crippen LogP contribution in [0.2, 0.25) is 0 Å². The number of halogens is 10. The standard InChI is InChI=1S/2C18H15P.C8H7.2C6F5.CO.2Pt/c2*1-4-10-16(11-5-1)19(17-12-6-2-7-13-17)18-14-8-3-9-15-18;1-2-8-6-4-3-5-7-8;2*7-2-1-3(8)5(10)6(11)4(2)9;1-2;;/h2*1-15H;1-7H;;;;;/q;;3*-1;;;. The van der Waals surface area contributed by atoms with Crippen LogP contribution < -0.4 is 31.8 Å². The molecule has 0 unspecified atom stereocenters. The summed E-state index contributed by atoms with van der Waals surface area (Å²) in [5, 5.41) is 8.39. The number of rotatable bonds is 7. The summed E-state index contributed by atoms with van der Waals surface area (Å²) in [4.78, 5) is 0. The summed E-state index contributed by atoms with van der Waals surface area (Å²) in [5.74, 6) is -20.1. The molecule has 0 aromatic heterocycles. The van der Waals surface area contributed by atoms with E-state index in [4.69, 9.17) is 11.2 Å². The minimum Gasteiger partial charge on any atom is -0.292 e. The van der Waals surface area contributed by atoms with E-state index in [9.17, 15) is 43.9 Å². The zero-order chi connectivity index (χ0) is 50.8. The zero-order valence-corrected chi connectivity index (χ0v) is 43.4. The van der Waals surface area contributed by atoms with E-state index in [0.29, 0.717) is 0 Å². The van der Waals surface area contributed by atoms with Crippen LogP contribution in [0.3, 0.4) is 0 Å². The topological polar surface area (TPSA) is 19.9 Å². The molecule has 0 aliphatic heterocycles. The first kappa shape index (κ1) is 62.1. The molecule has 9 rings (SSSR count). The van der Waals surface area contributed by atoms with E-state index in [0.717, 1.165) is 17.7 Å². The minimum atomic E-state index is -2.17. The maximum Gasteiger partial charge on any atom is 0 e. The average molecular weight is 1380 g/mol. The molecule has 1 nitrogen and oxygen atoms in total. The van der Waals surface area contributed by atoms with E-state index in [-0.39, 0.29) is 42.1 Å². The zero-order valence-electron chi connectivity index (χ0n) is 37.1. The summed E-state index contributed by atoms with van der Waals surface area (Å²) in [6.45, 7) is 9.72. The van der Waals surface area contributed by atoms with Gasteiger partial charge in [-0.1, -0.05) is 200 Å². The first-order valence-corrected chi connectivity index (χ1v) is 23.1. The van der Waals surface area contributed by atoms with Crippen molar-refractivity contribution in [2.75, 3.05) is 0 Å².